The predicted octanol–water partition coefficient (Wildman–Crippen LogP) is 1.52. The van der Waals surface area contributed by atoms with E-state index in [0.717, 1.165) is 37.0 Å². The second-order valence-corrected chi connectivity index (χ2v) is 8.06. The molecule has 134 valence electrons. The van der Waals surface area contributed by atoms with Gasteiger partial charge < -0.3 is 20.1 Å². The van der Waals surface area contributed by atoms with Crippen molar-refractivity contribution >= 4 is 29.3 Å². The highest BCUT2D eigenvalue weighted by molar-refractivity contribution is 7.80. The van der Waals surface area contributed by atoms with E-state index in [-0.39, 0.29) is 12.0 Å². The Hall–Kier alpha value is -1.37. The smallest absolute Gasteiger partial charge is 0.328 e. The van der Waals surface area contributed by atoms with Crippen molar-refractivity contribution in [3.63, 3.8) is 0 Å². The highest BCUT2D eigenvalue weighted by Crippen LogP contribution is 2.55. The minimum absolute atomic E-state index is 0.0603. The van der Waals surface area contributed by atoms with Crippen molar-refractivity contribution in [1.29, 1.82) is 0 Å². The first kappa shape index (κ1) is 17.5. The molecule has 4 rings (SSSR count). The van der Waals surface area contributed by atoms with Crippen molar-refractivity contribution in [2.75, 3.05) is 14.2 Å². The van der Waals surface area contributed by atoms with Gasteiger partial charge in [-0.2, -0.15) is 0 Å². The van der Waals surface area contributed by atoms with E-state index in [1.807, 2.05) is 0 Å². The third kappa shape index (κ3) is 3.66. The molecule has 7 heteroatoms. The van der Waals surface area contributed by atoms with E-state index >= 15 is 0 Å². The molecule has 0 unspecified atom stereocenters. The second-order valence-electron chi connectivity index (χ2n) is 7.65. The molecule has 4 aliphatic rings. The first-order valence-electron chi connectivity index (χ1n) is 8.66. The van der Waals surface area contributed by atoms with Crippen LogP contribution in [-0.2, 0) is 19.1 Å². The molecule has 4 bridgehead atoms. The molecule has 4 saturated carbocycles. The number of carbonyl (C=O) groups excluding carboxylic acids is 2. The predicted molar refractivity (Wildman–Crippen MR) is 92.2 cm³/mol. The summed E-state index contributed by atoms with van der Waals surface area (Å²) >= 11 is 5.44. The van der Waals surface area contributed by atoms with E-state index in [4.69, 9.17) is 17.0 Å². The zero-order valence-electron chi connectivity index (χ0n) is 14.3. The van der Waals surface area contributed by atoms with Gasteiger partial charge in [-0.05, 0) is 68.5 Å². The molecule has 4 aliphatic carbocycles. The Kier molecular flexibility index (Phi) is 4.99. The molecule has 0 aliphatic heterocycles. The maximum Gasteiger partial charge on any atom is 0.328 e. The maximum absolute atomic E-state index is 11.9. The van der Waals surface area contributed by atoms with E-state index in [0.29, 0.717) is 5.11 Å². The number of ether oxygens (including phenoxy) is 2. The van der Waals surface area contributed by atoms with Crippen molar-refractivity contribution in [2.45, 2.75) is 56.5 Å². The topological polar surface area (TPSA) is 76.7 Å². The lowest BCUT2D eigenvalue weighted by molar-refractivity contribution is -0.149. The van der Waals surface area contributed by atoms with Gasteiger partial charge in [0.25, 0.3) is 0 Å². The molecule has 0 aromatic carbocycles. The standard InChI is InChI=1S/C17H26N2O4S/c1-22-14(20)6-13(15(21)23-2)18-16(24)19-17-7-10-3-11(8-17)5-12(4-10)9-17/h10-13H,3-9H2,1-2H3,(H2,18,19,24)/t10?,11?,12?,13-,17?/m1/s1. The SMILES string of the molecule is COC(=O)C[C@@H](NC(=S)NC12CC3CC(CC(C3)C1)C2)C(=O)OC. The Morgan fingerprint density at radius 3 is 2.08 bits per heavy atom. The highest BCUT2D eigenvalue weighted by Gasteiger charge is 2.51. The quantitative estimate of drug-likeness (QED) is 0.573. The molecule has 0 radical (unpaired) electrons. The Labute approximate surface area is 148 Å². The summed E-state index contributed by atoms with van der Waals surface area (Å²) in [6, 6.07) is -0.823. The van der Waals surface area contributed by atoms with E-state index in [2.05, 4.69) is 15.4 Å². The van der Waals surface area contributed by atoms with Gasteiger partial charge in [0.2, 0.25) is 0 Å². The summed E-state index contributed by atoms with van der Waals surface area (Å²) < 4.78 is 9.40. The highest BCUT2D eigenvalue weighted by atomic mass is 32.1. The van der Waals surface area contributed by atoms with Crippen molar-refractivity contribution < 1.29 is 19.1 Å². The first-order chi connectivity index (χ1) is 11.4. The van der Waals surface area contributed by atoms with Crippen LogP contribution in [0.15, 0.2) is 0 Å². The minimum Gasteiger partial charge on any atom is -0.469 e. The number of nitrogens with one attached hydrogen (secondary N) is 2. The fraction of sp³-hybridized carbons (Fsp3) is 0.824. The maximum atomic E-state index is 11.9. The van der Waals surface area contributed by atoms with E-state index < -0.39 is 18.0 Å². The van der Waals surface area contributed by atoms with E-state index in [9.17, 15) is 9.59 Å². The summed E-state index contributed by atoms with van der Waals surface area (Å²) in [5, 5.41) is 6.87. The minimum atomic E-state index is -0.823. The molecule has 1 atom stereocenters. The van der Waals surface area contributed by atoms with Gasteiger partial charge >= 0.3 is 11.9 Å². The average Bonchev–Trinajstić information content (AvgIpc) is 2.51. The summed E-state index contributed by atoms with van der Waals surface area (Å²) in [5.74, 6) is 1.42. The number of rotatable bonds is 5. The number of methoxy groups -OCH3 is 2. The van der Waals surface area contributed by atoms with Gasteiger partial charge in [-0.1, -0.05) is 0 Å². The Bertz CT molecular complexity index is 501. The molecule has 0 heterocycles. The number of hydrogen-bond acceptors (Lipinski definition) is 5. The lowest BCUT2D eigenvalue weighted by Gasteiger charge is -2.57. The third-order valence-electron chi connectivity index (χ3n) is 5.81. The summed E-state index contributed by atoms with van der Waals surface area (Å²) in [4.78, 5) is 23.4. The number of carbonyl (C=O) groups is 2. The van der Waals surface area contributed by atoms with Gasteiger partial charge in [0.05, 0.1) is 20.6 Å². The van der Waals surface area contributed by atoms with Crippen LogP contribution in [0.5, 0.6) is 0 Å². The molecular weight excluding hydrogens is 328 g/mol. The van der Waals surface area contributed by atoms with Gasteiger partial charge in [-0.3, -0.25) is 4.79 Å². The number of thiocarbonyl (C=S) groups is 1. The van der Waals surface area contributed by atoms with E-state index in [1.165, 1.54) is 33.5 Å². The largest absolute Gasteiger partial charge is 0.469 e. The fourth-order valence-electron chi connectivity index (χ4n) is 5.28. The van der Waals surface area contributed by atoms with Gasteiger partial charge in [0.15, 0.2) is 5.11 Å². The van der Waals surface area contributed by atoms with Crippen LogP contribution in [0.25, 0.3) is 0 Å². The lowest BCUT2D eigenvalue weighted by atomic mass is 9.53. The Morgan fingerprint density at radius 2 is 1.62 bits per heavy atom. The molecule has 2 N–H and O–H groups in total. The van der Waals surface area contributed by atoms with Crippen LogP contribution < -0.4 is 10.6 Å². The summed E-state index contributed by atoms with van der Waals surface area (Å²) in [6.07, 6.45) is 7.42. The summed E-state index contributed by atoms with van der Waals surface area (Å²) in [7, 11) is 2.59. The van der Waals surface area contributed by atoms with Gasteiger partial charge in [0, 0.05) is 5.54 Å². The Morgan fingerprint density at radius 1 is 1.08 bits per heavy atom. The molecule has 0 amide bonds. The zero-order chi connectivity index (χ0) is 17.3. The normalized spacial score (nSPS) is 34.3. The van der Waals surface area contributed by atoms with Crippen molar-refractivity contribution in [3.8, 4) is 0 Å². The Balaban J connectivity index is 1.61. The average molecular weight is 354 g/mol. The first-order valence-corrected chi connectivity index (χ1v) is 9.07. The number of esters is 2. The molecule has 4 fully saturated rings. The third-order valence-corrected chi connectivity index (χ3v) is 6.03. The van der Waals surface area contributed by atoms with Crippen LogP contribution in [0, 0.1) is 17.8 Å². The zero-order valence-corrected chi connectivity index (χ0v) is 15.1. The van der Waals surface area contributed by atoms with Crippen LogP contribution >= 0.6 is 12.2 Å². The van der Waals surface area contributed by atoms with Crippen LogP contribution in [0.4, 0.5) is 0 Å². The number of hydrogen-bond donors (Lipinski definition) is 2. The lowest BCUT2D eigenvalue weighted by Crippen LogP contribution is -2.62. The second kappa shape index (κ2) is 6.86. The van der Waals surface area contributed by atoms with Crippen molar-refractivity contribution in [2.24, 2.45) is 17.8 Å². The van der Waals surface area contributed by atoms with Crippen LogP contribution in [0.1, 0.15) is 44.9 Å². The molecular formula is C17H26N2O4S. The monoisotopic (exact) mass is 354 g/mol. The van der Waals surface area contributed by atoms with Crippen molar-refractivity contribution in [3.05, 3.63) is 0 Å². The van der Waals surface area contributed by atoms with Crippen molar-refractivity contribution in [1.82, 2.24) is 10.6 Å². The van der Waals surface area contributed by atoms with Gasteiger partial charge in [-0.15, -0.1) is 0 Å². The molecule has 0 spiro atoms. The van der Waals surface area contributed by atoms with Crippen LogP contribution in [0.3, 0.4) is 0 Å². The molecule has 0 saturated heterocycles. The van der Waals surface area contributed by atoms with Crippen LogP contribution in [-0.4, -0.2) is 42.9 Å². The van der Waals surface area contributed by atoms with E-state index in [1.54, 1.807) is 0 Å². The fourth-order valence-corrected chi connectivity index (χ4v) is 5.64. The molecule has 0 aromatic rings. The molecule has 24 heavy (non-hydrogen) atoms. The van der Waals surface area contributed by atoms with Gasteiger partial charge in [0.1, 0.15) is 6.04 Å². The van der Waals surface area contributed by atoms with Crippen LogP contribution in [0.2, 0.25) is 0 Å². The molecule has 0 aromatic heterocycles. The van der Waals surface area contributed by atoms with Gasteiger partial charge in [-0.25, -0.2) is 4.79 Å². The molecule has 6 nitrogen and oxygen atoms in total. The summed E-state index contributed by atoms with van der Waals surface area (Å²) in [6.45, 7) is 0. The summed E-state index contributed by atoms with van der Waals surface area (Å²) in [5.41, 5.74) is 0.0603.